The van der Waals surface area contributed by atoms with E-state index in [9.17, 15) is 24.0 Å². The van der Waals surface area contributed by atoms with Crippen LogP contribution in [0, 0.1) is 0 Å². The summed E-state index contributed by atoms with van der Waals surface area (Å²) in [5.41, 5.74) is 0.137. The molecule has 0 saturated carbocycles. The highest BCUT2D eigenvalue weighted by atomic mass is 16.7. The summed E-state index contributed by atoms with van der Waals surface area (Å²) in [4.78, 5) is 61.3. The Kier molecular flexibility index (Phi) is 13.4. The first kappa shape index (κ1) is 37.4. The molecule has 0 amide bonds. The Hall–Kier alpha value is -5.37. The summed E-state index contributed by atoms with van der Waals surface area (Å²) in [5, 5.41) is 0.397. The Bertz CT molecular complexity index is 1730. The van der Waals surface area contributed by atoms with Crippen LogP contribution in [0.1, 0.15) is 53.0 Å². The lowest BCUT2D eigenvalue weighted by Gasteiger charge is -2.43. The molecule has 0 unspecified atom stereocenters. The lowest BCUT2D eigenvalue weighted by atomic mass is 9.98. The van der Waals surface area contributed by atoms with E-state index in [4.69, 9.17) is 42.3 Å². The maximum Gasteiger partial charge on any atom is 0.383 e. The van der Waals surface area contributed by atoms with Gasteiger partial charge in [-0.15, -0.1) is 0 Å². The second-order valence-electron chi connectivity index (χ2n) is 11.2. The number of hydrogen-bond acceptors (Lipinski definition) is 14. The van der Waals surface area contributed by atoms with Gasteiger partial charge in [0.15, 0.2) is 18.0 Å². The number of hydrogen-bond donors (Lipinski definition) is 0. The van der Waals surface area contributed by atoms with Crippen LogP contribution in [-0.4, -0.2) is 67.8 Å². The minimum atomic E-state index is -1.49. The van der Waals surface area contributed by atoms with Crippen LogP contribution >= 0.6 is 0 Å². The molecule has 1 aromatic heterocycles. The van der Waals surface area contributed by atoms with E-state index < -0.39 is 66.8 Å². The second-order valence-corrected chi connectivity index (χ2v) is 11.2. The van der Waals surface area contributed by atoms with Gasteiger partial charge in [0.1, 0.15) is 30.7 Å². The predicted molar refractivity (Wildman–Crippen MR) is 175 cm³/mol. The Morgan fingerprint density at radius 1 is 0.780 bits per heavy atom. The largest absolute Gasteiger partial charge is 0.484 e. The van der Waals surface area contributed by atoms with Crippen molar-refractivity contribution < 1.29 is 61.5 Å². The van der Waals surface area contributed by atoms with Gasteiger partial charge in [-0.1, -0.05) is 49.4 Å². The molecule has 1 aliphatic rings. The molecular weight excluding hydrogens is 656 g/mol. The Morgan fingerprint density at radius 3 is 2.12 bits per heavy atom. The van der Waals surface area contributed by atoms with Crippen molar-refractivity contribution >= 4 is 34.8 Å². The smallest absolute Gasteiger partial charge is 0.383 e. The molecule has 0 N–H and O–H groups in total. The number of esters is 4. The van der Waals surface area contributed by atoms with Crippen LogP contribution in [0.4, 0.5) is 0 Å². The highest BCUT2D eigenvalue weighted by molar-refractivity contribution is 5.86. The van der Waals surface area contributed by atoms with Crippen LogP contribution in [0.5, 0.6) is 17.2 Å². The average molecular weight is 697 g/mol. The van der Waals surface area contributed by atoms with E-state index in [0.29, 0.717) is 11.8 Å². The van der Waals surface area contributed by atoms with Gasteiger partial charge in [-0.05, 0) is 30.5 Å². The predicted octanol–water partition coefficient (Wildman–Crippen LogP) is 4.57. The summed E-state index contributed by atoms with van der Waals surface area (Å²) < 4.78 is 51.2. The van der Waals surface area contributed by atoms with E-state index in [1.807, 2.05) is 49.4 Å². The van der Waals surface area contributed by atoms with Crippen molar-refractivity contribution in [2.24, 2.45) is 0 Å². The molecule has 0 radical (unpaired) electrons. The Morgan fingerprint density at radius 2 is 1.46 bits per heavy atom. The third-order valence-electron chi connectivity index (χ3n) is 7.15. The maximum absolute atomic E-state index is 13.3. The first-order valence-corrected chi connectivity index (χ1v) is 16.0. The molecule has 3 aromatic rings. The van der Waals surface area contributed by atoms with Crippen LogP contribution in [-0.2, 0) is 49.5 Å². The standard InChI is InChI=1S/C36H40O14/c1-6-7-8-12-17-42-33-30(44-19-25-13-10-9-11-14-25)27-16-15-26(18-28(27)49-35(33)41)48-36-34(47-24(5)40)32(46-23(4)39)31(45-22(3)38)29(50-36)20-43-21(2)37/h7-11,13-16,18,29,31-32,34,36H,6,12,17,19-20H2,1-5H3/t29-,31-,32+,34-,36-/m1/s1. The molecule has 0 bridgehead atoms. The van der Waals surface area contributed by atoms with Gasteiger partial charge in [-0.3, -0.25) is 19.2 Å². The lowest BCUT2D eigenvalue weighted by Crippen LogP contribution is -2.63. The number of carbonyl (C=O) groups excluding carboxylic acids is 4. The normalized spacial score (nSPS) is 20.1. The van der Waals surface area contributed by atoms with Gasteiger partial charge >= 0.3 is 29.5 Å². The highest BCUT2D eigenvalue weighted by Gasteiger charge is 2.53. The average Bonchev–Trinajstić information content (AvgIpc) is 3.05. The molecular formula is C36H40O14. The third-order valence-corrected chi connectivity index (χ3v) is 7.15. The fraction of sp³-hybridized carbons (Fsp3) is 0.417. The van der Waals surface area contributed by atoms with E-state index in [1.165, 1.54) is 19.1 Å². The van der Waals surface area contributed by atoms with Crippen LogP contribution in [0.15, 0.2) is 69.9 Å². The molecule has 14 heteroatoms. The van der Waals surface area contributed by atoms with Gasteiger partial charge in [0.2, 0.25) is 18.1 Å². The first-order valence-electron chi connectivity index (χ1n) is 16.0. The Labute approximate surface area is 288 Å². The zero-order valence-electron chi connectivity index (χ0n) is 28.4. The monoisotopic (exact) mass is 696 g/mol. The van der Waals surface area contributed by atoms with Gasteiger partial charge in [0.25, 0.3) is 0 Å². The van der Waals surface area contributed by atoms with E-state index >= 15 is 0 Å². The van der Waals surface area contributed by atoms with Crippen molar-refractivity contribution in [3.63, 3.8) is 0 Å². The number of allylic oxidation sites excluding steroid dienone is 1. The quantitative estimate of drug-likeness (QED) is 0.0711. The van der Waals surface area contributed by atoms with Gasteiger partial charge in [-0.2, -0.15) is 0 Å². The van der Waals surface area contributed by atoms with E-state index in [0.717, 1.165) is 32.8 Å². The minimum absolute atomic E-state index is 0.0689. The lowest BCUT2D eigenvalue weighted by molar-refractivity contribution is -0.288. The minimum Gasteiger partial charge on any atom is -0.484 e. The van der Waals surface area contributed by atoms with E-state index in [-0.39, 0.29) is 36.0 Å². The van der Waals surface area contributed by atoms with E-state index in [2.05, 4.69) is 0 Å². The zero-order chi connectivity index (χ0) is 36.2. The van der Waals surface area contributed by atoms with Gasteiger partial charge in [0.05, 0.1) is 12.0 Å². The van der Waals surface area contributed by atoms with Crippen LogP contribution < -0.4 is 19.8 Å². The summed E-state index contributed by atoms with van der Waals surface area (Å²) in [6.07, 6.45) is -1.58. The van der Waals surface area contributed by atoms with Crippen molar-refractivity contribution in [3.05, 3.63) is 76.7 Å². The van der Waals surface area contributed by atoms with Gasteiger partial charge in [0, 0.05) is 33.8 Å². The number of carbonyl (C=O) groups is 4. The zero-order valence-corrected chi connectivity index (χ0v) is 28.4. The van der Waals surface area contributed by atoms with Crippen LogP contribution in [0.25, 0.3) is 11.0 Å². The fourth-order valence-corrected chi connectivity index (χ4v) is 5.14. The summed E-state index contributed by atoms with van der Waals surface area (Å²) in [5.74, 6) is -2.84. The van der Waals surface area contributed by atoms with Crippen molar-refractivity contribution in [1.29, 1.82) is 0 Å². The molecule has 0 aliphatic carbocycles. The summed E-state index contributed by atoms with van der Waals surface area (Å²) in [7, 11) is 0. The number of fused-ring (bicyclic) bond motifs is 1. The van der Waals surface area contributed by atoms with Crippen molar-refractivity contribution in [2.75, 3.05) is 13.2 Å². The maximum atomic E-state index is 13.3. The second kappa shape index (κ2) is 17.9. The number of ether oxygens (including phenoxy) is 8. The molecule has 14 nitrogen and oxygen atoms in total. The summed E-state index contributed by atoms with van der Waals surface area (Å²) >= 11 is 0. The molecule has 1 fully saturated rings. The van der Waals surface area contributed by atoms with Crippen molar-refractivity contribution in [2.45, 2.75) is 84.8 Å². The van der Waals surface area contributed by atoms with Gasteiger partial charge in [-0.25, -0.2) is 4.79 Å². The molecule has 2 aromatic carbocycles. The molecule has 0 spiro atoms. The number of rotatable bonds is 15. The summed E-state index contributed by atoms with van der Waals surface area (Å²) in [6, 6.07) is 13.9. The fourth-order valence-electron chi connectivity index (χ4n) is 5.14. The van der Waals surface area contributed by atoms with Crippen molar-refractivity contribution in [1.82, 2.24) is 0 Å². The van der Waals surface area contributed by atoms with Crippen LogP contribution in [0.3, 0.4) is 0 Å². The summed E-state index contributed by atoms with van der Waals surface area (Å²) in [6.45, 7) is 6.45. The molecule has 50 heavy (non-hydrogen) atoms. The van der Waals surface area contributed by atoms with Gasteiger partial charge < -0.3 is 42.3 Å². The SMILES string of the molecule is CCC=CCCOc1c(OCc2ccccc2)c2ccc(O[C@@H]3O[C@H](COC(C)=O)[C@@H](OC(C)=O)[C@H](OC(C)=O)[C@H]3OC(C)=O)cc2oc1=O. The van der Waals surface area contributed by atoms with Crippen molar-refractivity contribution in [3.8, 4) is 17.2 Å². The highest BCUT2D eigenvalue weighted by Crippen LogP contribution is 2.37. The first-order chi connectivity index (χ1) is 24.0. The molecule has 4 rings (SSSR count). The number of benzene rings is 2. The molecule has 5 atom stereocenters. The topological polar surface area (TPSA) is 172 Å². The molecule has 2 heterocycles. The molecule has 1 saturated heterocycles. The third kappa shape index (κ3) is 10.3. The molecule has 1 aliphatic heterocycles. The van der Waals surface area contributed by atoms with E-state index in [1.54, 1.807) is 6.07 Å². The van der Waals surface area contributed by atoms with Crippen LogP contribution in [0.2, 0.25) is 0 Å². The Balaban J connectivity index is 1.72. The molecule has 268 valence electrons.